The standard InChI is InChI=1S/C19H20N2O2/c1-21-12-10-15-13-16(5-8-18(15)21)19(22)20-11-9-14-3-6-17(23-2)7-4-14/h3-8,10,12-13H,9,11H2,1-2H3,(H,20,22). The van der Waals surface area contributed by atoms with Crippen LogP contribution in [0.25, 0.3) is 10.9 Å². The zero-order valence-corrected chi connectivity index (χ0v) is 13.4. The van der Waals surface area contributed by atoms with Crippen molar-refractivity contribution in [3.05, 3.63) is 65.9 Å². The van der Waals surface area contributed by atoms with Gasteiger partial charge in [0, 0.05) is 36.3 Å². The number of hydrogen-bond donors (Lipinski definition) is 1. The highest BCUT2D eigenvalue weighted by Gasteiger charge is 2.07. The van der Waals surface area contributed by atoms with Gasteiger partial charge >= 0.3 is 0 Å². The molecule has 0 aliphatic rings. The Morgan fingerprint density at radius 1 is 1.13 bits per heavy atom. The molecule has 0 fully saturated rings. The minimum absolute atomic E-state index is 0.0377. The first kappa shape index (κ1) is 15.2. The molecule has 1 N–H and O–H groups in total. The van der Waals surface area contributed by atoms with E-state index in [0.717, 1.165) is 23.1 Å². The van der Waals surface area contributed by atoms with Crippen molar-refractivity contribution < 1.29 is 9.53 Å². The van der Waals surface area contributed by atoms with Gasteiger partial charge in [-0.05, 0) is 48.4 Å². The van der Waals surface area contributed by atoms with E-state index in [4.69, 9.17) is 4.74 Å². The molecule has 23 heavy (non-hydrogen) atoms. The summed E-state index contributed by atoms with van der Waals surface area (Å²) in [5.74, 6) is 0.804. The molecule has 3 aromatic rings. The van der Waals surface area contributed by atoms with Crippen molar-refractivity contribution in [1.82, 2.24) is 9.88 Å². The molecule has 3 rings (SSSR count). The summed E-state index contributed by atoms with van der Waals surface area (Å²) in [6, 6.07) is 15.7. The Hall–Kier alpha value is -2.75. The predicted molar refractivity (Wildman–Crippen MR) is 92.0 cm³/mol. The smallest absolute Gasteiger partial charge is 0.251 e. The number of nitrogens with zero attached hydrogens (tertiary/aromatic N) is 1. The normalized spacial score (nSPS) is 10.7. The summed E-state index contributed by atoms with van der Waals surface area (Å²) in [6.07, 6.45) is 2.79. The molecule has 0 atom stereocenters. The Balaban J connectivity index is 1.59. The Morgan fingerprint density at radius 3 is 2.65 bits per heavy atom. The number of aromatic nitrogens is 1. The summed E-state index contributed by atoms with van der Waals surface area (Å²) < 4.78 is 7.18. The van der Waals surface area contributed by atoms with Crippen molar-refractivity contribution in [3.8, 4) is 5.75 Å². The van der Waals surface area contributed by atoms with Crippen LogP contribution in [0, 0.1) is 0 Å². The molecule has 1 aromatic heterocycles. The Bertz CT molecular complexity index is 819. The SMILES string of the molecule is COc1ccc(CCNC(=O)c2ccc3c(ccn3C)c2)cc1. The zero-order chi connectivity index (χ0) is 16.2. The Labute approximate surface area is 135 Å². The van der Waals surface area contributed by atoms with E-state index < -0.39 is 0 Å². The number of rotatable bonds is 5. The van der Waals surface area contributed by atoms with Crippen LogP contribution in [0.1, 0.15) is 15.9 Å². The maximum atomic E-state index is 12.2. The maximum Gasteiger partial charge on any atom is 0.251 e. The molecule has 2 aromatic carbocycles. The highest BCUT2D eigenvalue weighted by atomic mass is 16.5. The molecule has 0 radical (unpaired) electrons. The quantitative estimate of drug-likeness (QED) is 0.787. The van der Waals surface area contributed by atoms with Gasteiger partial charge in [0.2, 0.25) is 0 Å². The summed E-state index contributed by atoms with van der Waals surface area (Å²) in [5.41, 5.74) is 2.99. The fourth-order valence-corrected chi connectivity index (χ4v) is 2.64. The molecule has 0 aliphatic heterocycles. The van der Waals surface area contributed by atoms with Crippen molar-refractivity contribution in [2.24, 2.45) is 7.05 Å². The van der Waals surface area contributed by atoms with E-state index in [2.05, 4.69) is 5.32 Å². The maximum absolute atomic E-state index is 12.2. The Morgan fingerprint density at radius 2 is 1.91 bits per heavy atom. The van der Waals surface area contributed by atoms with Gasteiger partial charge in [-0.1, -0.05) is 12.1 Å². The largest absolute Gasteiger partial charge is 0.497 e. The first-order chi connectivity index (χ1) is 11.2. The average molecular weight is 308 g/mol. The average Bonchev–Trinajstić information content (AvgIpc) is 2.96. The number of amides is 1. The number of fused-ring (bicyclic) bond motifs is 1. The van der Waals surface area contributed by atoms with Crippen molar-refractivity contribution >= 4 is 16.8 Å². The lowest BCUT2D eigenvalue weighted by Crippen LogP contribution is -2.25. The third kappa shape index (κ3) is 3.37. The molecule has 0 saturated carbocycles. The monoisotopic (exact) mass is 308 g/mol. The van der Waals surface area contributed by atoms with Crippen LogP contribution in [0.5, 0.6) is 5.75 Å². The van der Waals surface area contributed by atoms with E-state index in [1.165, 1.54) is 5.56 Å². The van der Waals surface area contributed by atoms with Gasteiger partial charge in [0.25, 0.3) is 5.91 Å². The number of nitrogens with one attached hydrogen (secondary N) is 1. The molecule has 0 aliphatic carbocycles. The summed E-state index contributed by atoms with van der Waals surface area (Å²) in [4.78, 5) is 12.2. The van der Waals surface area contributed by atoms with Crippen LogP contribution in [0.4, 0.5) is 0 Å². The fraction of sp³-hybridized carbons (Fsp3) is 0.211. The molecule has 1 heterocycles. The first-order valence-electron chi connectivity index (χ1n) is 7.63. The number of benzene rings is 2. The van der Waals surface area contributed by atoms with E-state index in [1.54, 1.807) is 7.11 Å². The molecular weight excluding hydrogens is 288 g/mol. The highest BCUT2D eigenvalue weighted by molar-refractivity contribution is 5.98. The van der Waals surface area contributed by atoms with Crippen LogP contribution in [0.3, 0.4) is 0 Å². The fourth-order valence-electron chi connectivity index (χ4n) is 2.64. The molecule has 0 spiro atoms. The third-order valence-corrected chi connectivity index (χ3v) is 4.01. The summed E-state index contributed by atoms with van der Waals surface area (Å²) in [5, 5.41) is 4.05. The number of ether oxygens (including phenoxy) is 1. The predicted octanol–water partition coefficient (Wildman–Crippen LogP) is 3.16. The summed E-state index contributed by atoms with van der Waals surface area (Å²) >= 11 is 0. The van der Waals surface area contributed by atoms with Gasteiger partial charge in [-0.15, -0.1) is 0 Å². The first-order valence-corrected chi connectivity index (χ1v) is 7.63. The minimum atomic E-state index is -0.0377. The summed E-state index contributed by atoms with van der Waals surface area (Å²) in [7, 11) is 3.65. The van der Waals surface area contributed by atoms with Gasteiger partial charge in [0.1, 0.15) is 5.75 Å². The van der Waals surface area contributed by atoms with E-state index >= 15 is 0 Å². The van der Waals surface area contributed by atoms with Crippen molar-refractivity contribution in [3.63, 3.8) is 0 Å². The van der Waals surface area contributed by atoms with Crippen LogP contribution in [-0.2, 0) is 13.5 Å². The molecule has 1 amide bonds. The number of carbonyl (C=O) groups excluding carboxylic acids is 1. The second kappa shape index (κ2) is 6.57. The molecule has 4 heteroatoms. The summed E-state index contributed by atoms with van der Waals surface area (Å²) in [6.45, 7) is 0.609. The van der Waals surface area contributed by atoms with E-state index in [9.17, 15) is 4.79 Å². The van der Waals surface area contributed by atoms with Crippen LogP contribution in [-0.4, -0.2) is 24.1 Å². The molecule has 4 nitrogen and oxygen atoms in total. The van der Waals surface area contributed by atoms with Crippen LogP contribution >= 0.6 is 0 Å². The van der Waals surface area contributed by atoms with Gasteiger partial charge in [-0.2, -0.15) is 0 Å². The lowest BCUT2D eigenvalue weighted by atomic mass is 10.1. The van der Waals surface area contributed by atoms with Crippen LogP contribution < -0.4 is 10.1 Å². The molecule has 118 valence electrons. The number of methoxy groups -OCH3 is 1. The molecule has 0 saturated heterocycles. The molecule has 0 unspecified atom stereocenters. The number of aryl methyl sites for hydroxylation is 1. The highest BCUT2D eigenvalue weighted by Crippen LogP contribution is 2.16. The van der Waals surface area contributed by atoms with Crippen molar-refractivity contribution in [2.45, 2.75) is 6.42 Å². The van der Waals surface area contributed by atoms with E-state index in [-0.39, 0.29) is 5.91 Å². The molecule has 0 bridgehead atoms. The van der Waals surface area contributed by atoms with Gasteiger partial charge in [0.15, 0.2) is 0 Å². The number of carbonyl (C=O) groups is 1. The van der Waals surface area contributed by atoms with Crippen LogP contribution in [0.15, 0.2) is 54.7 Å². The third-order valence-electron chi connectivity index (χ3n) is 4.01. The zero-order valence-electron chi connectivity index (χ0n) is 13.4. The number of hydrogen-bond acceptors (Lipinski definition) is 2. The van der Waals surface area contributed by atoms with Crippen molar-refractivity contribution in [2.75, 3.05) is 13.7 Å². The van der Waals surface area contributed by atoms with Gasteiger partial charge in [0.05, 0.1) is 7.11 Å². The van der Waals surface area contributed by atoms with Gasteiger partial charge < -0.3 is 14.6 Å². The van der Waals surface area contributed by atoms with Gasteiger partial charge in [-0.25, -0.2) is 0 Å². The molecular formula is C19H20N2O2. The van der Waals surface area contributed by atoms with Crippen LogP contribution in [0.2, 0.25) is 0 Å². The second-order valence-electron chi connectivity index (χ2n) is 5.55. The van der Waals surface area contributed by atoms with E-state index in [0.29, 0.717) is 12.1 Å². The van der Waals surface area contributed by atoms with Gasteiger partial charge in [-0.3, -0.25) is 4.79 Å². The topological polar surface area (TPSA) is 43.3 Å². The lowest BCUT2D eigenvalue weighted by molar-refractivity contribution is 0.0954. The lowest BCUT2D eigenvalue weighted by Gasteiger charge is -2.07. The Kier molecular flexibility index (Phi) is 4.33. The minimum Gasteiger partial charge on any atom is -0.497 e. The van der Waals surface area contributed by atoms with E-state index in [1.807, 2.05) is 66.3 Å². The van der Waals surface area contributed by atoms with Crippen molar-refractivity contribution in [1.29, 1.82) is 0 Å². The second-order valence-corrected chi connectivity index (χ2v) is 5.55.